The number of ether oxygens (including phenoxy) is 1. The average Bonchev–Trinajstić information content (AvgIpc) is 2.34. The Morgan fingerprint density at radius 1 is 1.56 bits per heavy atom. The van der Waals surface area contributed by atoms with Crippen LogP contribution in [0, 0.1) is 3.57 Å². The molecule has 0 aliphatic carbocycles. The zero-order valence-electron chi connectivity index (χ0n) is 9.34. The molecule has 2 aromatic rings. The highest BCUT2D eigenvalue weighted by molar-refractivity contribution is 14.1. The van der Waals surface area contributed by atoms with Crippen LogP contribution in [0.2, 0.25) is 5.02 Å². The van der Waals surface area contributed by atoms with Gasteiger partial charge in [-0.2, -0.15) is 0 Å². The first kappa shape index (κ1) is 14.0. The van der Waals surface area contributed by atoms with Crippen molar-refractivity contribution in [3.8, 4) is 0 Å². The molecule has 3 nitrogen and oxygen atoms in total. The highest BCUT2D eigenvalue weighted by atomic mass is 127. The molecule has 1 heterocycles. The fourth-order valence-electron chi connectivity index (χ4n) is 1.55. The predicted molar refractivity (Wildman–Crippen MR) is 83.1 cm³/mol. The Bertz CT molecular complexity index is 633. The van der Waals surface area contributed by atoms with Crippen LogP contribution in [-0.4, -0.2) is 17.6 Å². The monoisotopic (exact) mass is 439 g/mol. The molecule has 1 aromatic heterocycles. The third-order valence-corrected chi connectivity index (χ3v) is 4.28. The smallest absolute Gasteiger partial charge is 0.341 e. The second kappa shape index (κ2) is 5.71. The van der Waals surface area contributed by atoms with Crippen molar-refractivity contribution in [1.29, 1.82) is 0 Å². The molecule has 0 unspecified atom stereocenters. The van der Waals surface area contributed by atoms with Crippen molar-refractivity contribution in [3.63, 3.8) is 0 Å². The maximum atomic E-state index is 11.7. The Labute approximate surface area is 131 Å². The summed E-state index contributed by atoms with van der Waals surface area (Å²) in [6, 6.07) is 3.81. The number of carbonyl (C=O) groups is 1. The number of rotatable bonds is 2. The molecule has 0 saturated carbocycles. The minimum absolute atomic E-state index is 0.294. The summed E-state index contributed by atoms with van der Waals surface area (Å²) >= 11 is 11.9. The molecule has 0 atom stereocenters. The molecule has 0 aliphatic rings. The lowest BCUT2D eigenvalue weighted by Crippen LogP contribution is -2.06. The van der Waals surface area contributed by atoms with Crippen LogP contribution in [0.1, 0.15) is 17.3 Å². The molecule has 1 aromatic carbocycles. The Balaban J connectivity index is 2.71. The zero-order chi connectivity index (χ0) is 13.3. The SMILES string of the molecule is CCOC(=O)c1cnc2c(Br)ccc(I)c2c1Cl. The molecule has 94 valence electrons. The first-order valence-electron chi connectivity index (χ1n) is 5.15. The van der Waals surface area contributed by atoms with Gasteiger partial charge < -0.3 is 4.74 Å². The number of fused-ring (bicyclic) bond motifs is 1. The van der Waals surface area contributed by atoms with Gasteiger partial charge in [0.15, 0.2) is 0 Å². The van der Waals surface area contributed by atoms with Gasteiger partial charge in [-0.3, -0.25) is 4.98 Å². The molecular weight excluding hydrogens is 432 g/mol. The van der Waals surface area contributed by atoms with E-state index in [1.165, 1.54) is 6.20 Å². The lowest BCUT2D eigenvalue weighted by molar-refractivity contribution is 0.0526. The maximum Gasteiger partial charge on any atom is 0.341 e. The van der Waals surface area contributed by atoms with Gasteiger partial charge >= 0.3 is 5.97 Å². The van der Waals surface area contributed by atoms with E-state index in [0.717, 1.165) is 18.9 Å². The van der Waals surface area contributed by atoms with Crippen LogP contribution in [0.25, 0.3) is 10.9 Å². The summed E-state index contributed by atoms with van der Waals surface area (Å²) in [6.07, 6.45) is 1.45. The molecule has 0 fully saturated rings. The number of benzene rings is 1. The number of hydrogen-bond acceptors (Lipinski definition) is 3. The number of hydrogen-bond donors (Lipinski definition) is 0. The van der Waals surface area contributed by atoms with Gasteiger partial charge in [-0.15, -0.1) is 0 Å². The fraction of sp³-hybridized carbons (Fsp3) is 0.167. The van der Waals surface area contributed by atoms with E-state index >= 15 is 0 Å². The van der Waals surface area contributed by atoms with Crippen molar-refractivity contribution >= 4 is 67.0 Å². The van der Waals surface area contributed by atoms with Crippen molar-refractivity contribution in [2.75, 3.05) is 6.61 Å². The normalized spacial score (nSPS) is 10.7. The quantitative estimate of drug-likeness (QED) is 0.512. The number of halogens is 3. The molecule has 6 heteroatoms. The predicted octanol–water partition coefficient (Wildman–Crippen LogP) is 4.43. The van der Waals surface area contributed by atoms with E-state index in [1.807, 2.05) is 12.1 Å². The van der Waals surface area contributed by atoms with Crippen molar-refractivity contribution < 1.29 is 9.53 Å². The molecule has 0 aliphatic heterocycles. The number of carbonyl (C=O) groups excluding carboxylic acids is 1. The van der Waals surface area contributed by atoms with Crippen LogP contribution in [0.3, 0.4) is 0 Å². The first-order valence-corrected chi connectivity index (χ1v) is 7.40. The van der Waals surface area contributed by atoms with Crippen LogP contribution in [0.4, 0.5) is 0 Å². The molecule has 0 saturated heterocycles. The highest BCUT2D eigenvalue weighted by Crippen LogP contribution is 2.33. The Hall–Kier alpha value is -0.400. The lowest BCUT2D eigenvalue weighted by Gasteiger charge is -2.09. The van der Waals surface area contributed by atoms with Gasteiger partial charge in [-0.25, -0.2) is 4.79 Å². The maximum absolute atomic E-state index is 11.7. The number of pyridine rings is 1. The third-order valence-electron chi connectivity index (χ3n) is 2.35. The molecule has 0 bridgehead atoms. The van der Waals surface area contributed by atoms with E-state index in [-0.39, 0.29) is 0 Å². The minimum atomic E-state index is -0.451. The van der Waals surface area contributed by atoms with Crippen molar-refractivity contribution in [2.24, 2.45) is 0 Å². The summed E-state index contributed by atoms with van der Waals surface area (Å²) in [5.41, 5.74) is 1.03. The highest BCUT2D eigenvalue weighted by Gasteiger charge is 2.17. The van der Waals surface area contributed by atoms with Gasteiger partial charge in [0, 0.05) is 19.6 Å². The van der Waals surface area contributed by atoms with E-state index in [0.29, 0.717) is 17.2 Å². The zero-order valence-corrected chi connectivity index (χ0v) is 13.8. The topological polar surface area (TPSA) is 39.2 Å². The Morgan fingerprint density at radius 2 is 2.28 bits per heavy atom. The summed E-state index contributed by atoms with van der Waals surface area (Å²) < 4.78 is 6.73. The summed E-state index contributed by atoms with van der Waals surface area (Å²) in [7, 11) is 0. The van der Waals surface area contributed by atoms with Crippen LogP contribution in [0.5, 0.6) is 0 Å². The van der Waals surface area contributed by atoms with E-state index in [4.69, 9.17) is 16.3 Å². The Morgan fingerprint density at radius 3 is 2.94 bits per heavy atom. The summed E-state index contributed by atoms with van der Waals surface area (Å²) in [5.74, 6) is -0.451. The number of esters is 1. The number of nitrogens with zero attached hydrogens (tertiary/aromatic N) is 1. The van der Waals surface area contributed by atoms with Crippen LogP contribution in [0.15, 0.2) is 22.8 Å². The third kappa shape index (κ3) is 2.48. The second-order valence-corrected chi connectivity index (χ2v) is 5.85. The van der Waals surface area contributed by atoms with Crippen molar-refractivity contribution in [3.05, 3.63) is 37.0 Å². The van der Waals surface area contributed by atoms with E-state index in [9.17, 15) is 4.79 Å². The van der Waals surface area contributed by atoms with Gasteiger partial charge in [-0.1, -0.05) is 11.6 Å². The molecule has 18 heavy (non-hydrogen) atoms. The molecule has 0 amide bonds. The van der Waals surface area contributed by atoms with E-state index in [2.05, 4.69) is 43.5 Å². The van der Waals surface area contributed by atoms with Crippen molar-refractivity contribution in [2.45, 2.75) is 6.92 Å². The van der Waals surface area contributed by atoms with Gasteiger partial charge in [0.1, 0.15) is 0 Å². The summed E-state index contributed by atoms with van der Waals surface area (Å²) in [6.45, 7) is 2.06. The minimum Gasteiger partial charge on any atom is -0.462 e. The molecule has 0 N–H and O–H groups in total. The van der Waals surface area contributed by atoms with Crippen LogP contribution in [-0.2, 0) is 4.74 Å². The standard InChI is InChI=1S/C12H8BrClINO2/c1-2-18-12(17)6-5-16-11-7(13)3-4-8(15)9(11)10(6)14/h3-5H,2H2,1H3. The largest absolute Gasteiger partial charge is 0.462 e. The van der Waals surface area contributed by atoms with Gasteiger partial charge in [-0.05, 0) is 57.6 Å². The molecule has 2 rings (SSSR count). The van der Waals surface area contributed by atoms with Gasteiger partial charge in [0.25, 0.3) is 0 Å². The van der Waals surface area contributed by atoms with Crippen molar-refractivity contribution in [1.82, 2.24) is 4.98 Å². The van der Waals surface area contributed by atoms with E-state index in [1.54, 1.807) is 6.92 Å². The molecule has 0 radical (unpaired) electrons. The first-order chi connectivity index (χ1) is 8.56. The Kier molecular flexibility index (Phi) is 4.45. The van der Waals surface area contributed by atoms with Crippen LogP contribution >= 0.6 is 50.1 Å². The molecule has 0 spiro atoms. The summed E-state index contributed by atoms with van der Waals surface area (Å²) in [4.78, 5) is 16.0. The van der Waals surface area contributed by atoms with Gasteiger partial charge in [0.05, 0.1) is 22.7 Å². The number of aromatic nitrogens is 1. The average molecular weight is 440 g/mol. The summed E-state index contributed by atoms with van der Waals surface area (Å²) in [5, 5.41) is 1.14. The van der Waals surface area contributed by atoms with E-state index < -0.39 is 5.97 Å². The lowest BCUT2D eigenvalue weighted by atomic mass is 10.1. The fourth-order valence-corrected chi connectivity index (χ4v) is 3.16. The second-order valence-electron chi connectivity index (χ2n) is 3.46. The van der Waals surface area contributed by atoms with Gasteiger partial charge in [0.2, 0.25) is 0 Å². The molecular formula is C12H8BrClINO2. The van der Waals surface area contributed by atoms with Crippen LogP contribution < -0.4 is 0 Å².